The van der Waals surface area contributed by atoms with E-state index in [9.17, 15) is 24.3 Å². The number of carbonyl (C=O) groups excluding carboxylic acids is 4. The second-order valence-electron chi connectivity index (χ2n) is 7.79. The van der Waals surface area contributed by atoms with Crippen molar-refractivity contribution in [2.24, 2.45) is 5.92 Å². The number of hydrogen-bond donors (Lipinski definition) is 1. The Labute approximate surface area is 209 Å². The van der Waals surface area contributed by atoms with E-state index in [1.54, 1.807) is 13.0 Å². The first-order valence-corrected chi connectivity index (χ1v) is 11.6. The summed E-state index contributed by atoms with van der Waals surface area (Å²) >= 11 is 4.52. The van der Waals surface area contributed by atoms with E-state index < -0.39 is 28.1 Å². The molecule has 30 heavy (non-hydrogen) atoms. The third kappa shape index (κ3) is 4.53. The molecule has 0 aromatic heterocycles. The van der Waals surface area contributed by atoms with E-state index in [1.807, 2.05) is 4.90 Å². The summed E-state index contributed by atoms with van der Waals surface area (Å²) in [7, 11) is 0. The predicted octanol–water partition coefficient (Wildman–Crippen LogP) is -3.25. The Morgan fingerprint density at radius 2 is 2.07 bits per heavy atom. The van der Waals surface area contributed by atoms with Crippen molar-refractivity contribution in [3.05, 3.63) is 22.9 Å². The largest absolute Gasteiger partial charge is 1.00 e. The van der Waals surface area contributed by atoms with Crippen LogP contribution >= 0.6 is 27.7 Å². The van der Waals surface area contributed by atoms with Crippen molar-refractivity contribution in [1.29, 1.82) is 0 Å². The van der Waals surface area contributed by atoms with Crippen LogP contribution in [0, 0.1) is 5.92 Å². The van der Waals surface area contributed by atoms with Crippen LogP contribution in [0.3, 0.4) is 0 Å². The second-order valence-corrected chi connectivity index (χ2v) is 10.3. The molecule has 2 saturated heterocycles. The van der Waals surface area contributed by atoms with Crippen LogP contribution in [0.2, 0.25) is 0 Å². The van der Waals surface area contributed by atoms with Crippen molar-refractivity contribution in [1.82, 2.24) is 15.1 Å². The molecule has 3 aliphatic heterocycles. The molecular formula is C19H21BrN3NaO5S. The summed E-state index contributed by atoms with van der Waals surface area (Å²) in [5, 5.41) is 14.0. The van der Waals surface area contributed by atoms with Gasteiger partial charge in [-0.1, -0.05) is 15.9 Å². The zero-order valence-electron chi connectivity index (χ0n) is 16.9. The Hall–Kier alpha value is -0.810. The van der Waals surface area contributed by atoms with Gasteiger partial charge in [-0.3, -0.25) is 19.3 Å². The summed E-state index contributed by atoms with van der Waals surface area (Å²) < 4.78 is 0. The Morgan fingerprint density at radius 1 is 1.37 bits per heavy atom. The molecule has 3 unspecified atom stereocenters. The summed E-state index contributed by atoms with van der Waals surface area (Å²) in [6.45, 7) is 3.05. The van der Waals surface area contributed by atoms with Crippen LogP contribution in [0.4, 0.5) is 0 Å². The molecule has 11 heteroatoms. The van der Waals surface area contributed by atoms with Gasteiger partial charge in [-0.2, -0.15) is 0 Å². The first-order chi connectivity index (χ1) is 13.8. The number of thioether (sulfide) groups is 1. The van der Waals surface area contributed by atoms with Gasteiger partial charge in [-0.05, 0) is 43.8 Å². The number of carboxylic acid groups (broad SMARTS) is 1. The quantitative estimate of drug-likeness (QED) is 0.176. The average molecular weight is 506 g/mol. The number of allylic oxidation sites excluding steroid dienone is 1. The minimum absolute atomic E-state index is 0. The van der Waals surface area contributed by atoms with Gasteiger partial charge in [0.05, 0.1) is 16.5 Å². The third-order valence-corrected chi connectivity index (χ3v) is 7.31. The Kier molecular flexibility index (Phi) is 7.44. The molecule has 4 aliphatic rings. The maximum atomic E-state index is 12.6. The van der Waals surface area contributed by atoms with E-state index in [2.05, 4.69) is 21.2 Å². The van der Waals surface area contributed by atoms with Gasteiger partial charge >= 0.3 is 29.6 Å². The number of β-lactam (4-membered cyclic amide) rings is 1. The molecule has 4 rings (SSSR count). The second kappa shape index (κ2) is 9.36. The van der Waals surface area contributed by atoms with Gasteiger partial charge < -0.3 is 20.1 Å². The number of alkyl halides is 1. The SMILES string of the molecule is CC(Br)C(=O)NC1C(=O)N2C(C(=O)[O-])=C(/C=C3\CCN(CC4CC4)C3=O)CSC12.[Na+]. The minimum atomic E-state index is -1.45. The summed E-state index contributed by atoms with van der Waals surface area (Å²) in [5.74, 6) is -1.40. The number of halogens is 1. The number of likely N-dealkylation sites (tertiary alicyclic amines) is 1. The van der Waals surface area contributed by atoms with Crippen molar-refractivity contribution in [2.75, 3.05) is 18.8 Å². The molecule has 3 heterocycles. The van der Waals surface area contributed by atoms with Gasteiger partial charge in [-0.25, -0.2) is 0 Å². The van der Waals surface area contributed by atoms with E-state index in [4.69, 9.17) is 0 Å². The zero-order chi connectivity index (χ0) is 20.9. The number of nitrogens with one attached hydrogen (secondary N) is 1. The number of fused-ring (bicyclic) bond motifs is 1. The van der Waals surface area contributed by atoms with E-state index >= 15 is 0 Å². The van der Waals surface area contributed by atoms with Crippen molar-refractivity contribution < 1.29 is 53.8 Å². The summed E-state index contributed by atoms with van der Waals surface area (Å²) in [5.41, 5.74) is 0.788. The summed E-state index contributed by atoms with van der Waals surface area (Å²) in [4.78, 5) is 51.4. The molecule has 3 fully saturated rings. The number of amides is 3. The van der Waals surface area contributed by atoms with Crippen molar-refractivity contribution >= 4 is 51.4 Å². The Morgan fingerprint density at radius 3 is 2.67 bits per heavy atom. The average Bonchev–Trinajstić information content (AvgIpc) is 3.44. The van der Waals surface area contributed by atoms with E-state index in [-0.39, 0.29) is 47.1 Å². The van der Waals surface area contributed by atoms with Gasteiger partial charge in [0, 0.05) is 24.4 Å². The van der Waals surface area contributed by atoms with Crippen LogP contribution in [0.5, 0.6) is 0 Å². The smallest absolute Gasteiger partial charge is 0.543 e. The standard InChI is InChI=1S/C19H22BrN3O5S.Na/c1-9(20)15(24)21-13-17(26)23-14(19(27)28)12(8-29-18(13)23)6-11-4-5-22(16(11)25)7-10-2-3-10;/h6,9-10,13,18H,2-5,7-8H2,1H3,(H,21,24)(H,27,28);/q;+1/p-1/b11-6+;. The Balaban J connectivity index is 0.00000256. The molecule has 0 aromatic carbocycles. The van der Waals surface area contributed by atoms with Crippen LogP contribution in [-0.4, -0.2) is 68.6 Å². The minimum Gasteiger partial charge on any atom is -0.543 e. The monoisotopic (exact) mass is 505 g/mol. The van der Waals surface area contributed by atoms with Crippen LogP contribution in [0.1, 0.15) is 26.2 Å². The predicted molar refractivity (Wildman–Crippen MR) is 107 cm³/mol. The van der Waals surface area contributed by atoms with E-state index in [0.717, 1.165) is 19.4 Å². The molecule has 1 saturated carbocycles. The topological polar surface area (TPSA) is 110 Å². The van der Waals surface area contributed by atoms with Gasteiger partial charge in [0.25, 0.3) is 5.91 Å². The first-order valence-electron chi connectivity index (χ1n) is 9.61. The van der Waals surface area contributed by atoms with Crippen molar-refractivity contribution in [2.45, 2.75) is 42.4 Å². The Bertz CT molecular complexity index is 857. The van der Waals surface area contributed by atoms with Gasteiger partial charge in [0.1, 0.15) is 11.4 Å². The molecule has 0 bridgehead atoms. The molecule has 0 radical (unpaired) electrons. The summed E-state index contributed by atoms with van der Waals surface area (Å²) in [6, 6.07) is -0.766. The number of nitrogens with zero attached hydrogens (tertiary/aromatic N) is 2. The van der Waals surface area contributed by atoms with E-state index in [1.165, 1.54) is 16.7 Å². The number of rotatable bonds is 6. The molecule has 1 aliphatic carbocycles. The number of aliphatic carboxylic acids is 1. The zero-order valence-corrected chi connectivity index (χ0v) is 21.3. The fourth-order valence-electron chi connectivity index (χ4n) is 3.81. The van der Waals surface area contributed by atoms with Crippen molar-refractivity contribution in [3.63, 3.8) is 0 Å². The molecule has 156 valence electrons. The molecule has 3 atom stereocenters. The van der Waals surface area contributed by atoms with Crippen molar-refractivity contribution in [3.8, 4) is 0 Å². The molecule has 8 nitrogen and oxygen atoms in total. The van der Waals surface area contributed by atoms with Gasteiger partial charge in [0.15, 0.2) is 0 Å². The molecule has 0 spiro atoms. The number of hydrogen-bond acceptors (Lipinski definition) is 6. The van der Waals surface area contributed by atoms with Gasteiger partial charge in [-0.15, -0.1) is 11.8 Å². The first kappa shape index (κ1) is 23.8. The van der Waals surface area contributed by atoms with Crippen LogP contribution in [0.25, 0.3) is 0 Å². The third-order valence-electron chi connectivity index (χ3n) is 5.59. The van der Waals surface area contributed by atoms with Crippen LogP contribution < -0.4 is 40.0 Å². The fourth-order valence-corrected chi connectivity index (χ4v) is 5.25. The molecular weight excluding hydrogens is 485 g/mol. The number of carboxylic acids is 1. The molecule has 1 N–H and O–H groups in total. The molecule has 0 aromatic rings. The normalized spacial score (nSPS) is 28.1. The fraction of sp³-hybridized carbons (Fsp3) is 0.579. The van der Waals surface area contributed by atoms with E-state index in [0.29, 0.717) is 35.8 Å². The number of carbonyl (C=O) groups is 4. The van der Waals surface area contributed by atoms with Crippen LogP contribution in [0.15, 0.2) is 22.9 Å². The van der Waals surface area contributed by atoms with Crippen LogP contribution in [-0.2, 0) is 19.2 Å². The summed E-state index contributed by atoms with van der Waals surface area (Å²) in [6.07, 6.45) is 4.50. The van der Waals surface area contributed by atoms with Gasteiger partial charge in [0.2, 0.25) is 11.8 Å². The molecule has 3 amide bonds. The maximum Gasteiger partial charge on any atom is 1.00 e. The maximum absolute atomic E-state index is 12.6.